The molecule has 132 valence electrons. The molecule has 0 unspecified atom stereocenters. The van der Waals surface area contributed by atoms with E-state index in [1.807, 2.05) is 36.4 Å². The minimum Gasteiger partial charge on any atom is -0.366 e. The Morgan fingerprint density at radius 3 is 2.54 bits per heavy atom. The van der Waals surface area contributed by atoms with Gasteiger partial charge >= 0.3 is 0 Å². The standard InChI is InChI=1S/C20H21N5O/c1-14-5-3-6-16(9-14)12-21-19-11-20(23-13-22-19)25-18-8-4-7-17(10-18)24-15(2)26/h3-11,13H,12H2,1-2H3,(H,24,26)(H2,21,22,23,25). The highest BCUT2D eigenvalue weighted by Crippen LogP contribution is 2.20. The van der Waals surface area contributed by atoms with Crippen LogP contribution in [-0.2, 0) is 11.3 Å². The summed E-state index contributed by atoms with van der Waals surface area (Å²) in [5.41, 5.74) is 3.99. The van der Waals surface area contributed by atoms with E-state index in [9.17, 15) is 4.79 Å². The van der Waals surface area contributed by atoms with Gasteiger partial charge in [0.25, 0.3) is 0 Å². The average Bonchev–Trinajstić information content (AvgIpc) is 2.60. The minimum absolute atomic E-state index is 0.105. The van der Waals surface area contributed by atoms with Crippen molar-refractivity contribution in [2.75, 3.05) is 16.0 Å². The van der Waals surface area contributed by atoms with Crippen LogP contribution in [0.2, 0.25) is 0 Å². The second kappa shape index (κ2) is 8.11. The summed E-state index contributed by atoms with van der Waals surface area (Å²) in [6.45, 7) is 4.25. The van der Waals surface area contributed by atoms with Crippen molar-refractivity contribution in [3.05, 3.63) is 72.1 Å². The number of hydrogen-bond donors (Lipinski definition) is 3. The Morgan fingerprint density at radius 2 is 1.73 bits per heavy atom. The van der Waals surface area contributed by atoms with Gasteiger partial charge in [-0.1, -0.05) is 35.9 Å². The minimum atomic E-state index is -0.105. The van der Waals surface area contributed by atoms with E-state index in [4.69, 9.17) is 0 Å². The highest BCUT2D eigenvalue weighted by Gasteiger charge is 2.02. The molecule has 3 N–H and O–H groups in total. The Kier molecular flexibility index (Phi) is 5.43. The molecule has 26 heavy (non-hydrogen) atoms. The third-order valence-electron chi connectivity index (χ3n) is 3.68. The van der Waals surface area contributed by atoms with E-state index in [1.54, 1.807) is 0 Å². The second-order valence-corrected chi connectivity index (χ2v) is 6.02. The quantitative estimate of drug-likeness (QED) is 0.626. The predicted molar refractivity (Wildman–Crippen MR) is 105 cm³/mol. The van der Waals surface area contributed by atoms with E-state index in [-0.39, 0.29) is 5.91 Å². The Labute approximate surface area is 152 Å². The first-order valence-corrected chi connectivity index (χ1v) is 8.34. The number of anilines is 4. The van der Waals surface area contributed by atoms with Gasteiger partial charge < -0.3 is 16.0 Å². The van der Waals surface area contributed by atoms with Crippen molar-refractivity contribution >= 4 is 28.9 Å². The monoisotopic (exact) mass is 347 g/mol. The zero-order valence-corrected chi connectivity index (χ0v) is 14.8. The van der Waals surface area contributed by atoms with Gasteiger partial charge in [-0.2, -0.15) is 0 Å². The fraction of sp³-hybridized carbons (Fsp3) is 0.150. The van der Waals surface area contributed by atoms with Crippen LogP contribution >= 0.6 is 0 Å². The van der Waals surface area contributed by atoms with E-state index in [0.29, 0.717) is 12.4 Å². The van der Waals surface area contributed by atoms with Gasteiger partial charge in [0.2, 0.25) is 5.91 Å². The summed E-state index contributed by atoms with van der Waals surface area (Å²) in [6, 6.07) is 17.6. The zero-order chi connectivity index (χ0) is 18.4. The lowest BCUT2D eigenvalue weighted by atomic mass is 10.1. The van der Waals surface area contributed by atoms with Crippen LogP contribution < -0.4 is 16.0 Å². The summed E-state index contributed by atoms with van der Waals surface area (Å²) >= 11 is 0. The normalized spacial score (nSPS) is 10.2. The van der Waals surface area contributed by atoms with Gasteiger partial charge in [-0.05, 0) is 30.7 Å². The molecule has 3 aromatic rings. The molecule has 0 saturated carbocycles. The summed E-state index contributed by atoms with van der Waals surface area (Å²) < 4.78 is 0. The number of rotatable bonds is 6. The summed E-state index contributed by atoms with van der Waals surface area (Å²) in [6.07, 6.45) is 1.51. The molecule has 1 amide bonds. The molecule has 0 aliphatic carbocycles. The molecule has 0 bridgehead atoms. The molecule has 0 spiro atoms. The third-order valence-corrected chi connectivity index (χ3v) is 3.68. The molecule has 1 heterocycles. The molecule has 3 rings (SSSR count). The van der Waals surface area contributed by atoms with Gasteiger partial charge in [-0.3, -0.25) is 4.79 Å². The number of aromatic nitrogens is 2. The SMILES string of the molecule is CC(=O)Nc1cccc(Nc2cc(NCc3cccc(C)c3)ncn2)c1. The summed E-state index contributed by atoms with van der Waals surface area (Å²) in [5, 5.41) is 9.29. The van der Waals surface area contributed by atoms with Crippen molar-refractivity contribution in [3.63, 3.8) is 0 Å². The van der Waals surface area contributed by atoms with Crippen LogP contribution in [0.1, 0.15) is 18.1 Å². The van der Waals surface area contributed by atoms with Gasteiger partial charge in [0, 0.05) is 30.9 Å². The van der Waals surface area contributed by atoms with Crippen LogP contribution in [0.4, 0.5) is 23.0 Å². The molecule has 6 nitrogen and oxygen atoms in total. The van der Waals surface area contributed by atoms with Crippen molar-refractivity contribution in [2.45, 2.75) is 20.4 Å². The lowest BCUT2D eigenvalue weighted by Gasteiger charge is -2.10. The number of nitrogens with zero attached hydrogens (tertiary/aromatic N) is 2. The lowest BCUT2D eigenvalue weighted by Crippen LogP contribution is -2.06. The maximum atomic E-state index is 11.2. The van der Waals surface area contributed by atoms with Crippen LogP contribution in [0.15, 0.2) is 60.9 Å². The average molecular weight is 347 g/mol. The van der Waals surface area contributed by atoms with Crippen LogP contribution in [0, 0.1) is 6.92 Å². The molecule has 0 aliphatic rings. The number of amides is 1. The van der Waals surface area contributed by atoms with Gasteiger partial charge in [-0.15, -0.1) is 0 Å². The molecular weight excluding hydrogens is 326 g/mol. The predicted octanol–water partition coefficient (Wildman–Crippen LogP) is 4.10. The molecule has 2 aromatic carbocycles. The molecule has 0 aliphatic heterocycles. The van der Waals surface area contributed by atoms with Crippen LogP contribution in [0.5, 0.6) is 0 Å². The topological polar surface area (TPSA) is 78.9 Å². The first-order chi connectivity index (χ1) is 12.6. The molecular formula is C20H21N5O. The van der Waals surface area contributed by atoms with Crippen LogP contribution in [0.3, 0.4) is 0 Å². The number of carbonyl (C=O) groups excluding carboxylic acids is 1. The maximum Gasteiger partial charge on any atom is 0.221 e. The Balaban J connectivity index is 1.66. The van der Waals surface area contributed by atoms with Crippen molar-refractivity contribution < 1.29 is 4.79 Å². The molecule has 0 fully saturated rings. The number of carbonyl (C=O) groups is 1. The van der Waals surface area contributed by atoms with E-state index in [1.165, 1.54) is 24.4 Å². The summed E-state index contributed by atoms with van der Waals surface area (Å²) in [4.78, 5) is 19.7. The number of nitrogens with one attached hydrogen (secondary N) is 3. The van der Waals surface area contributed by atoms with Crippen molar-refractivity contribution in [3.8, 4) is 0 Å². The van der Waals surface area contributed by atoms with Gasteiger partial charge in [-0.25, -0.2) is 9.97 Å². The largest absolute Gasteiger partial charge is 0.366 e. The molecule has 0 atom stereocenters. The number of hydrogen-bond acceptors (Lipinski definition) is 5. The number of aryl methyl sites for hydroxylation is 1. The lowest BCUT2D eigenvalue weighted by molar-refractivity contribution is -0.114. The van der Waals surface area contributed by atoms with E-state index < -0.39 is 0 Å². The first kappa shape index (κ1) is 17.4. The Hall–Kier alpha value is -3.41. The van der Waals surface area contributed by atoms with Crippen molar-refractivity contribution in [2.24, 2.45) is 0 Å². The highest BCUT2D eigenvalue weighted by molar-refractivity contribution is 5.89. The molecule has 6 heteroatoms. The Bertz CT molecular complexity index is 910. The fourth-order valence-electron chi connectivity index (χ4n) is 2.56. The van der Waals surface area contributed by atoms with Crippen LogP contribution in [-0.4, -0.2) is 15.9 Å². The van der Waals surface area contributed by atoms with E-state index >= 15 is 0 Å². The summed E-state index contributed by atoms with van der Waals surface area (Å²) in [5.74, 6) is 1.31. The maximum absolute atomic E-state index is 11.2. The van der Waals surface area contributed by atoms with Crippen molar-refractivity contribution in [1.29, 1.82) is 0 Å². The van der Waals surface area contributed by atoms with E-state index in [0.717, 1.165) is 17.2 Å². The molecule has 0 saturated heterocycles. The van der Waals surface area contributed by atoms with Crippen molar-refractivity contribution in [1.82, 2.24) is 9.97 Å². The fourth-order valence-corrected chi connectivity index (χ4v) is 2.56. The van der Waals surface area contributed by atoms with E-state index in [2.05, 4.69) is 51.0 Å². The van der Waals surface area contributed by atoms with Gasteiger partial charge in [0.15, 0.2) is 0 Å². The van der Waals surface area contributed by atoms with Crippen LogP contribution in [0.25, 0.3) is 0 Å². The first-order valence-electron chi connectivity index (χ1n) is 8.34. The molecule has 1 aromatic heterocycles. The van der Waals surface area contributed by atoms with Gasteiger partial charge in [0.05, 0.1) is 0 Å². The highest BCUT2D eigenvalue weighted by atomic mass is 16.1. The second-order valence-electron chi connectivity index (χ2n) is 6.02. The molecule has 0 radical (unpaired) electrons. The third kappa shape index (κ3) is 5.04. The number of benzene rings is 2. The Morgan fingerprint density at radius 1 is 0.962 bits per heavy atom. The zero-order valence-electron chi connectivity index (χ0n) is 14.8. The van der Waals surface area contributed by atoms with Gasteiger partial charge in [0.1, 0.15) is 18.0 Å². The smallest absolute Gasteiger partial charge is 0.221 e. The summed E-state index contributed by atoms with van der Waals surface area (Å²) in [7, 11) is 0.